The number of hydrogen-bond donors (Lipinski definition) is 0. The number of carbonyl (C=O) groups excluding carboxylic acids is 1. The van der Waals surface area contributed by atoms with Crippen LogP contribution < -0.4 is 4.74 Å². The van der Waals surface area contributed by atoms with E-state index in [9.17, 15) is 13.2 Å². The highest BCUT2D eigenvalue weighted by atomic mass is 32.2. The van der Waals surface area contributed by atoms with E-state index in [1.54, 1.807) is 26.2 Å². The molecule has 0 spiro atoms. The van der Waals surface area contributed by atoms with E-state index in [4.69, 9.17) is 4.74 Å². The lowest BCUT2D eigenvalue weighted by molar-refractivity contribution is -0.130. The third-order valence-electron chi connectivity index (χ3n) is 3.64. The lowest BCUT2D eigenvalue weighted by Crippen LogP contribution is -2.35. The molecule has 1 aliphatic rings. The van der Waals surface area contributed by atoms with Crippen LogP contribution in [-0.4, -0.2) is 57.3 Å². The predicted octanol–water partition coefficient (Wildman–Crippen LogP) is 1.33. The van der Waals surface area contributed by atoms with Gasteiger partial charge in [-0.25, -0.2) is 8.42 Å². The Morgan fingerprint density at radius 1 is 1.14 bits per heavy atom. The lowest BCUT2D eigenvalue weighted by Gasteiger charge is -2.25. The van der Waals surface area contributed by atoms with Crippen molar-refractivity contribution in [3.8, 4) is 5.75 Å². The minimum Gasteiger partial charge on any atom is -0.484 e. The molecule has 1 amide bonds. The van der Waals surface area contributed by atoms with Gasteiger partial charge in [-0.05, 0) is 37.1 Å². The Kier molecular flexibility index (Phi) is 5.42. The zero-order valence-electron chi connectivity index (χ0n) is 13.0. The molecule has 1 heterocycles. The number of piperidine rings is 1. The van der Waals surface area contributed by atoms with Gasteiger partial charge in [0.05, 0.1) is 4.90 Å². The van der Waals surface area contributed by atoms with Crippen molar-refractivity contribution < 1.29 is 17.9 Å². The number of ether oxygens (including phenoxy) is 1. The molecule has 7 heteroatoms. The summed E-state index contributed by atoms with van der Waals surface area (Å²) in [4.78, 5) is 13.2. The molecule has 6 nitrogen and oxygen atoms in total. The Morgan fingerprint density at radius 3 is 2.27 bits per heavy atom. The highest BCUT2D eigenvalue weighted by Gasteiger charge is 2.25. The van der Waals surface area contributed by atoms with Crippen LogP contribution in [0.1, 0.15) is 19.3 Å². The Bertz CT molecular complexity index is 605. The summed E-state index contributed by atoms with van der Waals surface area (Å²) in [5.41, 5.74) is 0. The van der Waals surface area contributed by atoms with Crippen LogP contribution in [-0.2, 0) is 14.8 Å². The molecule has 1 aromatic carbocycles. The number of amides is 1. The molecule has 0 atom stereocenters. The van der Waals surface area contributed by atoms with Crippen LogP contribution in [0, 0.1) is 0 Å². The van der Waals surface area contributed by atoms with Gasteiger partial charge < -0.3 is 9.64 Å². The minimum atomic E-state index is -3.42. The molecular weight excluding hydrogens is 304 g/mol. The molecule has 0 radical (unpaired) electrons. The number of nitrogens with zero attached hydrogens (tertiary/aromatic N) is 2. The summed E-state index contributed by atoms with van der Waals surface area (Å²) >= 11 is 0. The fourth-order valence-corrected chi connectivity index (χ4v) is 3.75. The summed E-state index contributed by atoms with van der Waals surface area (Å²) in [5, 5.41) is 0. The number of benzene rings is 1. The van der Waals surface area contributed by atoms with Gasteiger partial charge >= 0.3 is 0 Å². The summed E-state index contributed by atoms with van der Waals surface area (Å²) in [5.74, 6) is 0.331. The third kappa shape index (κ3) is 3.98. The molecule has 0 saturated carbocycles. The number of rotatable bonds is 5. The fourth-order valence-electron chi connectivity index (χ4n) is 2.24. The largest absolute Gasteiger partial charge is 0.484 e. The maximum atomic E-state index is 12.5. The van der Waals surface area contributed by atoms with Crippen molar-refractivity contribution in [2.45, 2.75) is 24.2 Å². The molecule has 1 fully saturated rings. The van der Waals surface area contributed by atoms with Gasteiger partial charge in [-0.2, -0.15) is 4.31 Å². The van der Waals surface area contributed by atoms with Crippen LogP contribution >= 0.6 is 0 Å². The maximum Gasteiger partial charge on any atom is 0.259 e. The Balaban J connectivity index is 2.03. The molecule has 0 aliphatic carbocycles. The van der Waals surface area contributed by atoms with Crippen molar-refractivity contribution in [1.29, 1.82) is 0 Å². The molecule has 1 aliphatic heterocycles. The van der Waals surface area contributed by atoms with E-state index in [1.165, 1.54) is 21.3 Å². The second-order valence-corrected chi connectivity index (χ2v) is 7.45. The van der Waals surface area contributed by atoms with E-state index in [1.807, 2.05) is 0 Å². The molecule has 1 aromatic rings. The van der Waals surface area contributed by atoms with E-state index >= 15 is 0 Å². The van der Waals surface area contributed by atoms with E-state index in [-0.39, 0.29) is 17.4 Å². The average Bonchev–Trinajstić information content (AvgIpc) is 2.53. The van der Waals surface area contributed by atoms with Crippen molar-refractivity contribution in [3.63, 3.8) is 0 Å². The predicted molar refractivity (Wildman–Crippen MR) is 83.2 cm³/mol. The highest BCUT2D eigenvalue weighted by Crippen LogP contribution is 2.22. The van der Waals surface area contributed by atoms with Crippen molar-refractivity contribution in [2.24, 2.45) is 0 Å². The van der Waals surface area contributed by atoms with Gasteiger partial charge in [-0.1, -0.05) is 6.42 Å². The first-order valence-electron chi connectivity index (χ1n) is 7.34. The van der Waals surface area contributed by atoms with E-state index in [0.717, 1.165) is 19.3 Å². The van der Waals surface area contributed by atoms with E-state index in [2.05, 4.69) is 0 Å². The Hall–Kier alpha value is -1.60. The van der Waals surface area contributed by atoms with Crippen LogP contribution in [0.5, 0.6) is 5.75 Å². The lowest BCUT2D eigenvalue weighted by atomic mass is 10.2. The SMILES string of the molecule is CN(C)C(=O)COc1ccc(S(=O)(=O)N2CCCCC2)cc1. The van der Waals surface area contributed by atoms with Crippen LogP contribution in [0.15, 0.2) is 29.2 Å². The second kappa shape index (κ2) is 7.11. The van der Waals surface area contributed by atoms with Crippen LogP contribution in [0.3, 0.4) is 0 Å². The topological polar surface area (TPSA) is 66.9 Å². The van der Waals surface area contributed by atoms with Crippen molar-refractivity contribution in [2.75, 3.05) is 33.8 Å². The smallest absolute Gasteiger partial charge is 0.259 e. The summed E-state index contributed by atoms with van der Waals surface area (Å²) < 4.78 is 31.8. The van der Waals surface area contributed by atoms with Gasteiger partial charge in [0.25, 0.3) is 5.91 Å². The third-order valence-corrected chi connectivity index (χ3v) is 5.55. The van der Waals surface area contributed by atoms with Crippen LogP contribution in [0.2, 0.25) is 0 Å². The first-order chi connectivity index (χ1) is 10.4. The molecule has 22 heavy (non-hydrogen) atoms. The van der Waals surface area contributed by atoms with Gasteiger partial charge in [-0.3, -0.25) is 4.79 Å². The molecule has 1 saturated heterocycles. The number of hydrogen-bond acceptors (Lipinski definition) is 4. The molecule has 0 bridgehead atoms. The summed E-state index contributed by atoms with van der Waals surface area (Å²) in [6, 6.07) is 6.22. The summed E-state index contributed by atoms with van der Waals surface area (Å²) in [6.07, 6.45) is 2.90. The molecule has 0 aromatic heterocycles. The minimum absolute atomic E-state index is 0.0643. The van der Waals surface area contributed by atoms with Crippen LogP contribution in [0.25, 0.3) is 0 Å². The monoisotopic (exact) mass is 326 g/mol. The molecule has 0 unspecified atom stereocenters. The van der Waals surface area contributed by atoms with Gasteiger partial charge in [0.2, 0.25) is 10.0 Å². The van der Waals surface area contributed by atoms with Crippen molar-refractivity contribution >= 4 is 15.9 Å². The van der Waals surface area contributed by atoms with Gasteiger partial charge in [0.15, 0.2) is 6.61 Å². The van der Waals surface area contributed by atoms with E-state index < -0.39 is 10.0 Å². The molecule has 122 valence electrons. The van der Waals surface area contributed by atoms with Crippen LogP contribution in [0.4, 0.5) is 0 Å². The van der Waals surface area contributed by atoms with Gasteiger partial charge in [0, 0.05) is 27.2 Å². The Morgan fingerprint density at radius 2 is 1.73 bits per heavy atom. The fraction of sp³-hybridized carbons (Fsp3) is 0.533. The van der Waals surface area contributed by atoms with Gasteiger partial charge in [0.1, 0.15) is 5.75 Å². The average molecular weight is 326 g/mol. The first-order valence-corrected chi connectivity index (χ1v) is 8.78. The molecule has 0 N–H and O–H groups in total. The zero-order chi connectivity index (χ0) is 16.2. The van der Waals surface area contributed by atoms with Gasteiger partial charge in [-0.15, -0.1) is 0 Å². The van der Waals surface area contributed by atoms with Crippen molar-refractivity contribution in [3.05, 3.63) is 24.3 Å². The normalized spacial score (nSPS) is 16.3. The number of likely N-dealkylation sites (N-methyl/N-ethyl adjacent to an activating group) is 1. The molecular formula is C15H22N2O4S. The quantitative estimate of drug-likeness (QED) is 0.819. The number of carbonyl (C=O) groups is 1. The Labute approximate surface area is 131 Å². The van der Waals surface area contributed by atoms with Crippen molar-refractivity contribution in [1.82, 2.24) is 9.21 Å². The first kappa shape index (κ1) is 16.8. The highest BCUT2D eigenvalue weighted by molar-refractivity contribution is 7.89. The summed E-state index contributed by atoms with van der Waals surface area (Å²) in [6.45, 7) is 1.10. The number of sulfonamides is 1. The standard InChI is InChI=1S/C15H22N2O4S/c1-16(2)15(18)12-21-13-6-8-14(9-7-13)22(19,20)17-10-4-3-5-11-17/h6-9H,3-5,10-12H2,1-2H3. The maximum absolute atomic E-state index is 12.5. The molecule has 2 rings (SSSR count). The zero-order valence-corrected chi connectivity index (χ0v) is 13.8. The van der Waals surface area contributed by atoms with E-state index in [0.29, 0.717) is 18.8 Å². The second-order valence-electron chi connectivity index (χ2n) is 5.51. The summed E-state index contributed by atoms with van der Waals surface area (Å²) in [7, 11) is -0.115.